The molecule has 2 heterocycles. The highest BCUT2D eigenvalue weighted by Crippen LogP contribution is 2.34. The number of anilines is 1. The zero-order valence-electron chi connectivity index (χ0n) is 16.2. The summed E-state index contributed by atoms with van der Waals surface area (Å²) in [5, 5.41) is 0. The summed E-state index contributed by atoms with van der Waals surface area (Å²) in [4.78, 5) is 19.6. The van der Waals surface area contributed by atoms with E-state index in [1.807, 2.05) is 30.0 Å². The van der Waals surface area contributed by atoms with Crippen LogP contribution in [-0.4, -0.2) is 22.0 Å². The van der Waals surface area contributed by atoms with Gasteiger partial charge in [0.1, 0.15) is 5.82 Å². The lowest BCUT2D eigenvalue weighted by atomic mass is 10.1. The lowest BCUT2D eigenvalue weighted by Crippen LogP contribution is -2.24. The molecule has 0 radical (unpaired) electrons. The maximum absolute atomic E-state index is 12.8. The summed E-state index contributed by atoms with van der Waals surface area (Å²) in [5.74, 6) is 1.24. The Kier molecular flexibility index (Phi) is 4.34. The minimum atomic E-state index is 0.0880. The highest BCUT2D eigenvalue weighted by Gasteiger charge is 2.34. The van der Waals surface area contributed by atoms with Crippen LogP contribution in [-0.2, 0) is 11.3 Å². The maximum atomic E-state index is 12.8. The number of imidazole rings is 1. The molecule has 1 atom stereocenters. The number of carbonyl (C=O) groups excluding carboxylic acids is 1. The Morgan fingerprint density at radius 3 is 2.59 bits per heavy atom. The first kappa shape index (κ1) is 17.5. The van der Waals surface area contributed by atoms with Crippen molar-refractivity contribution in [2.75, 3.05) is 11.4 Å². The van der Waals surface area contributed by atoms with E-state index < -0.39 is 0 Å². The number of hydrogen-bond donors (Lipinski definition) is 0. The number of carbonyl (C=O) groups is 1. The molecule has 4 nitrogen and oxygen atoms in total. The third-order valence-electron chi connectivity index (χ3n) is 5.12. The third kappa shape index (κ3) is 3.27. The van der Waals surface area contributed by atoms with Crippen molar-refractivity contribution in [2.24, 2.45) is 0 Å². The van der Waals surface area contributed by atoms with Gasteiger partial charge in [-0.1, -0.05) is 30.4 Å². The highest BCUT2D eigenvalue weighted by atomic mass is 16.2. The van der Waals surface area contributed by atoms with Crippen LogP contribution in [0.4, 0.5) is 5.69 Å². The molecular formula is C23H25N3O. The van der Waals surface area contributed by atoms with Crippen molar-refractivity contribution in [1.82, 2.24) is 9.55 Å². The minimum absolute atomic E-state index is 0.0880. The summed E-state index contributed by atoms with van der Waals surface area (Å²) in [6.07, 6.45) is 0.493. The molecule has 1 fully saturated rings. The molecule has 27 heavy (non-hydrogen) atoms. The van der Waals surface area contributed by atoms with E-state index in [-0.39, 0.29) is 11.8 Å². The van der Waals surface area contributed by atoms with Gasteiger partial charge in [-0.15, -0.1) is 0 Å². The van der Waals surface area contributed by atoms with Gasteiger partial charge in [-0.25, -0.2) is 4.98 Å². The van der Waals surface area contributed by atoms with Gasteiger partial charge in [0.15, 0.2) is 0 Å². The number of benzene rings is 2. The zero-order chi connectivity index (χ0) is 19.1. The summed E-state index contributed by atoms with van der Waals surface area (Å²) in [6.45, 7) is 11.6. The molecule has 4 rings (SSSR count). The van der Waals surface area contributed by atoms with Crippen LogP contribution in [0.25, 0.3) is 11.0 Å². The van der Waals surface area contributed by atoms with Crippen LogP contribution in [0.2, 0.25) is 0 Å². The van der Waals surface area contributed by atoms with Gasteiger partial charge in [-0.3, -0.25) is 4.79 Å². The molecule has 3 aromatic rings. The van der Waals surface area contributed by atoms with Gasteiger partial charge < -0.3 is 9.47 Å². The zero-order valence-corrected chi connectivity index (χ0v) is 16.2. The van der Waals surface area contributed by atoms with Crippen LogP contribution in [0, 0.1) is 13.8 Å². The van der Waals surface area contributed by atoms with E-state index in [0.717, 1.165) is 34.7 Å². The average molecular weight is 359 g/mol. The Balaban J connectivity index is 1.72. The molecular weight excluding hydrogens is 334 g/mol. The monoisotopic (exact) mass is 359 g/mol. The molecule has 0 bridgehead atoms. The normalized spacial score (nSPS) is 17.1. The molecule has 1 aliphatic heterocycles. The molecule has 0 aliphatic carbocycles. The summed E-state index contributed by atoms with van der Waals surface area (Å²) >= 11 is 0. The number of allylic oxidation sites excluding steroid dienone is 1. The van der Waals surface area contributed by atoms with E-state index in [1.165, 1.54) is 11.1 Å². The second kappa shape index (κ2) is 6.69. The molecule has 4 heteroatoms. The fourth-order valence-electron chi connectivity index (χ4n) is 4.08. The predicted octanol–water partition coefficient (Wildman–Crippen LogP) is 4.75. The first-order chi connectivity index (χ1) is 12.9. The third-order valence-corrected chi connectivity index (χ3v) is 5.12. The summed E-state index contributed by atoms with van der Waals surface area (Å²) in [6, 6.07) is 14.5. The van der Waals surface area contributed by atoms with Gasteiger partial charge in [0.05, 0.1) is 11.0 Å². The number of aryl methyl sites for hydroxylation is 2. The van der Waals surface area contributed by atoms with Crippen LogP contribution in [0.5, 0.6) is 0 Å². The van der Waals surface area contributed by atoms with Crippen LogP contribution in [0.3, 0.4) is 0 Å². The largest absolute Gasteiger partial charge is 0.324 e. The molecule has 1 aromatic heterocycles. The van der Waals surface area contributed by atoms with Gasteiger partial charge in [0.25, 0.3) is 0 Å². The van der Waals surface area contributed by atoms with E-state index >= 15 is 0 Å². The van der Waals surface area contributed by atoms with Gasteiger partial charge in [0, 0.05) is 31.1 Å². The molecule has 0 saturated carbocycles. The van der Waals surface area contributed by atoms with Crippen molar-refractivity contribution in [3.63, 3.8) is 0 Å². The van der Waals surface area contributed by atoms with E-state index in [4.69, 9.17) is 4.98 Å². The average Bonchev–Trinajstić information content (AvgIpc) is 3.15. The van der Waals surface area contributed by atoms with E-state index in [2.05, 4.69) is 49.3 Å². The first-order valence-electron chi connectivity index (χ1n) is 9.40. The lowest BCUT2D eigenvalue weighted by molar-refractivity contribution is -0.117. The summed E-state index contributed by atoms with van der Waals surface area (Å²) < 4.78 is 2.22. The molecule has 1 saturated heterocycles. The molecule has 1 aliphatic rings. The smallest absolute Gasteiger partial charge is 0.227 e. The van der Waals surface area contributed by atoms with Crippen molar-refractivity contribution < 1.29 is 4.79 Å². The minimum Gasteiger partial charge on any atom is -0.324 e. The van der Waals surface area contributed by atoms with Gasteiger partial charge >= 0.3 is 0 Å². The first-order valence-corrected chi connectivity index (χ1v) is 9.40. The molecule has 0 N–H and O–H groups in total. The number of amides is 1. The van der Waals surface area contributed by atoms with Crippen molar-refractivity contribution >= 4 is 22.6 Å². The number of nitrogens with zero attached hydrogens (tertiary/aromatic N) is 3. The van der Waals surface area contributed by atoms with E-state index in [9.17, 15) is 4.79 Å². The number of rotatable bonds is 4. The summed E-state index contributed by atoms with van der Waals surface area (Å²) in [7, 11) is 0. The number of fused-ring (bicyclic) bond motifs is 1. The summed E-state index contributed by atoms with van der Waals surface area (Å²) in [5.41, 5.74) is 6.50. The standard InChI is InChI=1S/C23H25N3O/c1-15(2)13-26-21-8-6-5-7-20(21)24-23(26)18-12-22(27)25(14-18)19-10-16(3)9-17(4)11-19/h5-11,18H,1,12-14H2,2-4H3/t18-/m1/s1. The molecule has 2 aromatic carbocycles. The van der Waals surface area contributed by atoms with Gasteiger partial charge in [0.2, 0.25) is 5.91 Å². The lowest BCUT2D eigenvalue weighted by Gasteiger charge is -2.18. The fourth-order valence-corrected chi connectivity index (χ4v) is 4.08. The van der Waals surface area contributed by atoms with Crippen LogP contribution >= 0.6 is 0 Å². The Bertz CT molecular complexity index is 1030. The second-order valence-electron chi connectivity index (χ2n) is 7.75. The van der Waals surface area contributed by atoms with Gasteiger partial charge in [-0.05, 0) is 56.2 Å². The molecule has 0 unspecified atom stereocenters. The van der Waals surface area contributed by atoms with Crippen LogP contribution in [0.1, 0.15) is 36.2 Å². The predicted molar refractivity (Wildman–Crippen MR) is 110 cm³/mol. The SMILES string of the molecule is C=C(C)Cn1c([C@@H]2CC(=O)N(c3cc(C)cc(C)c3)C2)nc2ccccc21. The Labute approximate surface area is 160 Å². The number of aromatic nitrogens is 2. The maximum Gasteiger partial charge on any atom is 0.227 e. The van der Waals surface area contributed by atoms with Gasteiger partial charge in [-0.2, -0.15) is 0 Å². The Hall–Kier alpha value is -2.88. The van der Waals surface area contributed by atoms with Crippen molar-refractivity contribution in [3.05, 3.63) is 71.6 Å². The molecule has 138 valence electrons. The quantitative estimate of drug-likeness (QED) is 0.631. The topological polar surface area (TPSA) is 38.1 Å². The second-order valence-corrected chi connectivity index (χ2v) is 7.75. The van der Waals surface area contributed by atoms with E-state index in [1.54, 1.807) is 0 Å². The number of para-hydroxylation sites is 2. The number of hydrogen-bond acceptors (Lipinski definition) is 2. The van der Waals surface area contributed by atoms with Crippen molar-refractivity contribution in [3.8, 4) is 0 Å². The van der Waals surface area contributed by atoms with Crippen LogP contribution in [0.15, 0.2) is 54.6 Å². The van der Waals surface area contributed by atoms with Crippen molar-refractivity contribution in [1.29, 1.82) is 0 Å². The highest BCUT2D eigenvalue weighted by molar-refractivity contribution is 5.96. The Morgan fingerprint density at radius 2 is 1.89 bits per heavy atom. The Morgan fingerprint density at radius 1 is 1.19 bits per heavy atom. The van der Waals surface area contributed by atoms with E-state index in [0.29, 0.717) is 13.0 Å². The van der Waals surface area contributed by atoms with Crippen molar-refractivity contribution in [2.45, 2.75) is 39.7 Å². The fraction of sp³-hybridized carbons (Fsp3) is 0.304. The molecule has 1 amide bonds. The molecule has 0 spiro atoms. The van der Waals surface area contributed by atoms with Crippen LogP contribution < -0.4 is 4.90 Å².